The van der Waals surface area contributed by atoms with Gasteiger partial charge in [-0.1, -0.05) is 19.9 Å². The Morgan fingerprint density at radius 3 is 2.82 bits per heavy atom. The maximum atomic E-state index is 12.7. The van der Waals surface area contributed by atoms with E-state index in [9.17, 15) is 4.79 Å². The smallest absolute Gasteiger partial charge is 0.225 e. The van der Waals surface area contributed by atoms with Crippen LogP contribution in [0.5, 0.6) is 0 Å². The SMILES string of the molecule is Cc1nc([C@@H]2CCCN2C(=O)C(C)C)nc2c1CCCN2Cc1ccccn1. The number of amides is 1. The highest BCUT2D eigenvalue weighted by atomic mass is 16.2. The summed E-state index contributed by atoms with van der Waals surface area (Å²) in [4.78, 5) is 31.3. The molecule has 0 unspecified atom stereocenters. The van der Waals surface area contributed by atoms with Crippen LogP contribution in [0.3, 0.4) is 0 Å². The number of rotatable bonds is 4. The fraction of sp³-hybridized carbons (Fsp3) is 0.545. The average Bonchev–Trinajstić information content (AvgIpc) is 3.18. The van der Waals surface area contributed by atoms with Gasteiger partial charge >= 0.3 is 0 Å². The van der Waals surface area contributed by atoms with Gasteiger partial charge in [0.05, 0.1) is 18.3 Å². The first-order valence-corrected chi connectivity index (χ1v) is 10.4. The minimum atomic E-state index is -0.00229. The van der Waals surface area contributed by atoms with Gasteiger partial charge in [-0.2, -0.15) is 0 Å². The van der Waals surface area contributed by atoms with Gasteiger partial charge in [0.25, 0.3) is 0 Å². The Bertz CT molecular complexity index is 852. The van der Waals surface area contributed by atoms with E-state index >= 15 is 0 Å². The molecule has 0 radical (unpaired) electrons. The Labute approximate surface area is 167 Å². The Morgan fingerprint density at radius 1 is 1.21 bits per heavy atom. The van der Waals surface area contributed by atoms with Crippen LogP contribution in [0.1, 0.15) is 61.9 Å². The molecule has 2 aromatic heterocycles. The van der Waals surface area contributed by atoms with Crippen molar-refractivity contribution in [3.05, 3.63) is 47.2 Å². The van der Waals surface area contributed by atoms with Crippen LogP contribution < -0.4 is 4.90 Å². The van der Waals surface area contributed by atoms with E-state index in [2.05, 4.69) is 22.9 Å². The third-order valence-electron chi connectivity index (χ3n) is 5.77. The molecule has 0 spiro atoms. The second kappa shape index (κ2) is 7.86. The predicted molar refractivity (Wildman–Crippen MR) is 109 cm³/mol. The van der Waals surface area contributed by atoms with Crippen molar-refractivity contribution in [1.29, 1.82) is 0 Å². The van der Waals surface area contributed by atoms with E-state index in [1.807, 2.05) is 37.1 Å². The summed E-state index contributed by atoms with van der Waals surface area (Å²) in [6.07, 6.45) is 5.91. The number of carbonyl (C=O) groups excluding carboxylic acids is 1. The summed E-state index contributed by atoms with van der Waals surface area (Å²) >= 11 is 0. The van der Waals surface area contributed by atoms with E-state index in [0.717, 1.165) is 68.3 Å². The van der Waals surface area contributed by atoms with Crippen molar-refractivity contribution < 1.29 is 4.79 Å². The summed E-state index contributed by atoms with van der Waals surface area (Å²) in [5.74, 6) is 2.03. The van der Waals surface area contributed by atoms with E-state index in [-0.39, 0.29) is 17.9 Å². The molecule has 4 rings (SSSR count). The molecular weight excluding hydrogens is 350 g/mol. The molecule has 0 bridgehead atoms. The molecule has 1 fully saturated rings. The first-order valence-electron chi connectivity index (χ1n) is 10.4. The van der Waals surface area contributed by atoms with Gasteiger partial charge in [-0.15, -0.1) is 0 Å². The van der Waals surface area contributed by atoms with Gasteiger partial charge in [0.1, 0.15) is 5.82 Å². The summed E-state index contributed by atoms with van der Waals surface area (Å²) in [5, 5.41) is 0. The summed E-state index contributed by atoms with van der Waals surface area (Å²) < 4.78 is 0. The van der Waals surface area contributed by atoms with Gasteiger partial charge in [-0.3, -0.25) is 9.78 Å². The van der Waals surface area contributed by atoms with Gasteiger partial charge < -0.3 is 9.80 Å². The van der Waals surface area contributed by atoms with Crippen LogP contribution in [-0.2, 0) is 17.8 Å². The van der Waals surface area contributed by atoms with Crippen molar-refractivity contribution in [2.24, 2.45) is 5.92 Å². The monoisotopic (exact) mass is 379 g/mol. The fourth-order valence-corrected chi connectivity index (χ4v) is 4.33. The lowest BCUT2D eigenvalue weighted by molar-refractivity contribution is -0.135. The number of pyridine rings is 1. The molecule has 148 valence electrons. The molecule has 1 amide bonds. The number of aromatic nitrogens is 3. The molecule has 28 heavy (non-hydrogen) atoms. The zero-order valence-corrected chi connectivity index (χ0v) is 17.1. The van der Waals surface area contributed by atoms with E-state index in [1.165, 1.54) is 5.56 Å². The molecule has 4 heterocycles. The highest BCUT2D eigenvalue weighted by Crippen LogP contribution is 2.35. The van der Waals surface area contributed by atoms with Gasteiger partial charge in [0.15, 0.2) is 5.82 Å². The van der Waals surface area contributed by atoms with Gasteiger partial charge in [0.2, 0.25) is 5.91 Å². The summed E-state index contributed by atoms with van der Waals surface area (Å²) in [7, 11) is 0. The second-order valence-electron chi connectivity index (χ2n) is 8.16. The Kier molecular flexibility index (Phi) is 5.29. The zero-order chi connectivity index (χ0) is 19.7. The van der Waals surface area contributed by atoms with Gasteiger partial charge in [-0.05, 0) is 44.7 Å². The van der Waals surface area contributed by atoms with Crippen molar-refractivity contribution in [1.82, 2.24) is 19.9 Å². The van der Waals surface area contributed by atoms with Crippen molar-refractivity contribution >= 4 is 11.7 Å². The molecular formula is C22H29N5O. The average molecular weight is 380 g/mol. The lowest BCUT2D eigenvalue weighted by atomic mass is 10.0. The Hall–Kier alpha value is -2.50. The molecule has 1 atom stereocenters. The fourth-order valence-electron chi connectivity index (χ4n) is 4.33. The van der Waals surface area contributed by atoms with Gasteiger partial charge in [-0.25, -0.2) is 9.97 Å². The molecule has 0 aromatic carbocycles. The normalized spacial score (nSPS) is 19.2. The van der Waals surface area contributed by atoms with Crippen molar-refractivity contribution in [2.45, 2.75) is 59.0 Å². The standard InChI is InChI=1S/C22H29N5O/c1-15(2)22(28)27-13-7-10-19(27)20-24-16(3)18-9-6-12-26(21(18)25-20)14-17-8-4-5-11-23-17/h4-5,8,11,15,19H,6-7,9-10,12-14H2,1-3H3/t19-/m0/s1. The van der Waals surface area contributed by atoms with E-state index < -0.39 is 0 Å². The number of aryl methyl sites for hydroxylation is 1. The maximum absolute atomic E-state index is 12.7. The zero-order valence-electron chi connectivity index (χ0n) is 17.1. The minimum absolute atomic E-state index is 0.0000207. The van der Waals surface area contributed by atoms with Crippen LogP contribution in [0.25, 0.3) is 0 Å². The maximum Gasteiger partial charge on any atom is 0.225 e. The van der Waals surface area contributed by atoms with Crippen LogP contribution in [-0.4, -0.2) is 38.8 Å². The van der Waals surface area contributed by atoms with Crippen LogP contribution in [0, 0.1) is 12.8 Å². The highest BCUT2D eigenvalue weighted by molar-refractivity contribution is 5.78. The number of nitrogens with zero attached hydrogens (tertiary/aromatic N) is 5. The Morgan fingerprint density at radius 2 is 2.07 bits per heavy atom. The van der Waals surface area contributed by atoms with Crippen molar-refractivity contribution in [3.63, 3.8) is 0 Å². The number of fused-ring (bicyclic) bond motifs is 1. The first kappa shape index (κ1) is 18.8. The molecule has 1 saturated heterocycles. The third kappa shape index (κ3) is 3.60. The molecule has 2 aromatic rings. The molecule has 0 N–H and O–H groups in total. The summed E-state index contributed by atoms with van der Waals surface area (Å²) in [6, 6.07) is 6.03. The highest BCUT2D eigenvalue weighted by Gasteiger charge is 2.34. The minimum Gasteiger partial charge on any atom is -0.350 e. The molecule has 6 heteroatoms. The molecule has 0 aliphatic carbocycles. The second-order valence-corrected chi connectivity index (χ2v) is 8.16. The van der Waals surface area contributed by atoms with Crippen LogP contribution in [0.15, 0.2) is 24.4 Å². The van der Waals surface area contributed by atoms with Crippen LogP contribution in [0.2, 0.25) is 0 Å². The van der Waals surface area contributed by atoms with Crippen molar-refractivity contribution in [3.8, 4) is 0 Å². The molecule has 0 saturated carbocycles. The number of likely N-dealkylation sites (tertiary alicyclic amines) is 1. The van der Waals surface area contributed by atoms with Crippen molar-refractivity contribution in [2.75, 3.05) is 18.0 Å². The van der Waals surface area contributed by atoms with E-state index in [0.29, 0.717) is 0 Å². The molecule has 2 aliphatic heterocycles. The van der Waals surface area contributed by atoms with Crippen LogP contribution in [0.4, 0.5) is 5.82 Å². The Balaban J connectivity index is 1.67. The largest absolute Gasteiger partial charge is 0.350 e. The first-order chi connectivity index (χ1) is 13.5. The summed E-state index contributed by atoms with van der Waals surface area (Å²) in [5.41, 5.74) is 3.34. The number of hydrogen-bond acceptors (Lipinski definition) is 5. The number of hydrogen-bond donors (Lipinski definition) is 0. The number of carbonyl (C=O) groups is 1. The lowest BCUT2D eigenvalue weighted by Crippen LogP contribution is -2.36. The molecule has 6 nitrogen and oxygen atoms in total. The number of anilines is 1. The van der Waals surface area contributed by atoms with E-state index in [4.69, 9.17) is 9.97 Å². The van der Waals surface area contributed by atoms with Gasteiger partial charge in [0, 0.05) is 36.5 Å². The van der Waals surface area contributed by atoms with E-state index in [1.54, 1.807) is 0 Å². The van der Waals surface area contributed by atoms with Crippen LogP contribution >= 0.6 is 0 Å². The summed E-state index contributed by atoms with van der Waals surface area (Å²) in [6.45, 7) is 8.54. The lowest BCUT2D eigenvalue weighted by Gasteiger charge is -2.32. The quantitative estimate of drug-likeness (QED) is 0.814. The third-order valence-corrected chi connectivity index (χ3v) is 5.77. The predicted octanol–water partition coefficient (Wildman–Crippen LogP) is 3.45. The molecule has 2 aliphatic rings. The topological polar surface area (TPSA) is 62.2 Å².